The number of ether oxygens (including phenoxy) is 4. The van der Waals surface area contributed by atoms with Gasteiger partial charge in [0.2, 0.25) is 6.29 Å². The predicted molar refractivity (Wildman–Crippen MR) is 118 cm³/mol. The quantitative estimate of drug-likeness (QED) is 0.430. The van der Waals surface area contributed by atoms with E-state index in [4.69, 9.17) is 23.4 Å². The van der Waals surface area contributed by atoms with Crippen molar-refractivity contribution in [1.82, 2.24) is 0 Å². The Hall–Kier alpha value is -3.15. The molecule has 10 heteroatoms. The largest absolute Gasteiger partial charge is 0.490 e. The summed E-state index contributed by atoms with van der Waals surface area (Å²) in [6.45, 7) is 0.526. The minimum absolute atomic E-state index is 0.198. The van der Waals surface area contributed by atoms with Gasteiger partial charge in [-0.3, -0.25) is 4.79 Å². The third-order valence-corrected chi connectivity index (χ3v) is 5.91. The minimum atomic E-state index is -1.56. The van der Waals surface area contributed by atoms with E-state index < -0.39 is 37.3 Å². The van der Waals surface area contributed by atoms with Gasteiger partial charge in [-0.05, 0) is 29.8 Å². The predicted octanol–water partition coefficient (Wildman–Crippen LogP) is 0.800. The third kappa shape index (κ3) is 4.10. The van der Waals surface area contributed by atoms with Crippen LogP contribution in [-0.2, 0) is 4.74 Å². The lowest BCUT2D eigenvalue weighted by molar-refractivity contribution is -0.277. The SMILES string of the molecule is O=c1c(-c2ccc3c(c2)OCCCO3)coc2cc(O[C@@H]3O[C@@H](CO)[C@@H](O)[C@H](O)[C@H]3O)ccc12. The van der Waals surface area contributed by atoms with Crippen LogP contribution in [0.2, 0.25) is 0 Å². The van der Waals surface area contributed by atoms with Crippen molar-refractivity contribution in [1.29, 1.82) is 0 Å². The summed E-state index contributed by atoms with van der Waals surface area (Å²) in [5.41, 5.74) is 0.965. The second kappa shape index (κ2) is 9.24. The highest BCUT2D eigenvalue weighted by Gasteiger charge is 2.44. The molecule has 0 aliphatic carbocycles. The van der Waals surface area contributed by atoms with E-state index in [0.717, 1.165) is 6.42 Å². The van der Waals surface area contributed by atoms with Crippen LogP contribution in [0.5, 0.6) is 17.2 Å². The van der Waals surface area contributed by atoms with Gasteiger partial charge >= 0.3 is 0 Å². The Balaban J connectivity index is 1.42. The summed E-state index contributed by atoms with van der Waals surface area (Å²) in [7, 11) is 0. The smallest absolute Gasteiger partial charge is 0.229 e. The molecule has 1 saturated heterocycles. The van der Waals surface area contributed by atoms with E-state index in [2.05, 4.69) is 0 Å². The molecule has 0 unspecified atom stereocenters. The maximum absolute atomic E-state index is 13.2. The number of rotatable bonds is 4. The molecule has 3 heterocycles. The molecule has 0 radical (unpaired) electrons. The molecular weight excluding hydrogens is 448 g/mol. The van der Waals surface area contributed by atoms with Crippen LogP contribution in [0.25, 0.3) is 22.1 Å². The van der Waals surface area contributed by atoms with Crippen molar-refractivity contribution in [3.05, 3.63) is 52.9 Å². The van der Waals surface area contributed by atoms with Crippen LogP contribution in [-0.4, -0.2) is 71.0 Å². The number of aliphatic hydroxyl groups excluding tert-OH is 4. The average molecular weight is 472 g/mol. The van der Waals surface area contributed by atoms with E-state index >= 15 is 0 Å². The third-order valence-electron chi connectivity index (χ3n) is 5.91. The molecule has 1 aromatic heterocycles. The molecule has 0 amide bonds. The Morgan fingerprint density at radius 1 is 0.941 bits per heavy atom. The Morgan fingerprint density at radius 3 is 2.53 bits per heavy atom. The first kappa shape index (κ1) is 22.6. The summed E-state index contributed by atoms with van der Waals surface area (Å²) in [5, 5.41) is 39.6. The van der Waals surface area contributed by atoms with Crippen LogP contribution in [0.15, 0.2) is 51.9 Å². The molecule has 0 bridgehead atoms. The van der Waals surface area contributed by atoms with Gasteiger partial charge in [-0.1, -0.05) is 6.07 Å². The Bertz CT molecular complexity index is 1240. The molecule has 2 aromatic carbocycles. The van der Waals surface area contributed by atoms with Crippen LogP contribution in [0.1, 0.15) is 6.42 Å². The highest BCUT2D eigenvalue weighted by molar-refractivity contribution is 5.83. The van der Waals surface area contributed by atoms with Gasteiger partial charge < -0.3 is 43.8 Å². The lowest BCUT2D eigenvalue weighted by Crippen LogP contribution is -2.60. The Morgan fingerprint density at radius 2 is 1.74 bits per heavy atom. The molecule has 2 aliphatic heterocycles. The van der Waals surface area contributed by atoms with Gasteiger partial charge in [-0.25, -0.2) is 0 Å². The molecule has 2 aliphatic rings. The van der Waals surface area contributed by atoms with Gasteiger partial charge in [0, 0.05) is 12.5 Å². The normalized spacial score (nSPS) is 26.8. The zero-order chi connectivity index (χ0) is 23.8. The molecule has 1 fully saturated rings. The van der Waals surface area contributed by atoms with E-state index in [1.165, 1.54) is 24.5 Å². The lowest BCUT2D eigenvalue weighted by Gasteiger charge is -2.39. The standard InChI is InChI=1S/C24H24O10/c25-10-19-21(27)22(28)23(29)24(34-19)33-13-3-4-14-17(9-13)32-11-15(20(14)26)12-2-5-16-18(8-12)31-7-1-6-30-16/h2-5,8-9,11,19,21-25,27-29H,1,6-7,10H2/t19-,21+,22-,23+,24+/m0/s1. The molecule has 180 valence electrons. The number of fused-ring (bicyclic) bond motifs is 2. The maximum Gasteiger partial charge on any atom is 0.229 e. The zero-order valence-corrected chi connectivity index (χ0v) is 18.0. The number of benzene rings is 2. The highest BCUT2D eigenvalue weighted by Crippen LogP contribution is 2.34. The first-order valence-corrected chi connectivity index (χ1v) is 10.9. The Labute approximate surface area is 193 Å². The van der Waals surface area contributed by atoms with Crippen molar-refractivity contribution < 1.29 is 43.8 Å². The Kier molecular flexibility index (Phi) is 6.15. The van der Waals surface area contributed by atoms with Crippen LogP contribution in [0.4, 0.5) is 0 Å². The van der Waals surface area contributed by atoms with Crippen molar-refractivity contribution in [3.63, 3.8) is 0 Å². The van der Waals surface area contributed by atoms with Gasteiger partial charge in [0.05, 0.1) is 30.8 Å². The van der Waals surface area contributed by atoms with Gasteiger partial charge in [0.1, 0.15) is 42.0 Å². The molecule has 10 nitrogen and oxygen atoms in total. The van der Waals surface area contributed by atoms with E-state index in [1.54, 1.807) is 18.2 Å². The number of hydrogen-bond donors (Lipinski definition) is 4. The molecule has 3 aromatic rings. The average Bonchev–Trinajstić information content (AvgIpc) is 3.09. The molecule has 34 heavy (non-hydrogen) atoms. The van der Waals surface area contributed by atoms with E-state index in [-0.39, 0.29) is 16.8 Å². The topological polar surface area (TPSA) is 148 Å². The molecule has 0 saturated carbocycles. The van der Waals surface area contributed by atoms with Gasteiger partial charge in [0.15, 0.2) is 16.9 Å². The fourth-order valence-corrected chi connectivity index (χ4v) is 4.01. The maximum atomic E-state index is 13.2. The summed E-state index contributed by atoms with van der Waals surface area (Å²) >= 11 is 0. The first-order chi connectivity index (χ1) is 16.5. The van der Waals surface area contributed by atoms with Gasteiger partial charge in [-0.2, -0.15) is 0 Å². The van der Waals surface area contributed by atoms with Crippen molar-refractivity contribution in [2.24, 2.45) is 0 Å². The number of aliphatic hydroxyl groups is 4. The summed E-state index contributed by atoms with van der Waals surface area (Å²) in [6.07, 6.45) is -4.93. The molecule has 5 atom stereocenters. The van der Waals surface area contributed by atoms with Gasteiger partial charge in [-0.15, -0.1) is 0 Å². The van der Waals surface area contributed by atoms with Crippen LogP contribution in [0, 0.1) is 0 Å². The van der Waals surface area contributed by atoms with Crippen LogP contribution < -0.4 is 19.6 Å². The van der Waals surface area contributed by atoms with E-state index in [9.17, 15) is 25.2 Å². The van der Waals surface area contributed by atoms with Crippen LogP contribution in [0.3, 0.4) is 0 Å². The van der Waals surface area contributed by atoms with Gasteiger partial charge in [0.25, 0.3) is 0 Å². The van der Waals surface area contributed by atoms with E-state index in [0.29, 0.717) is 41.2 Å². The fourth-order valence-electron chi connectivity index (χ4n) is 4.01. The molecule has 5 rings (SSSR count). The van der Waals surface area contributed by atoms with E-state index in [1.807, 2.05) is 0 Å². The second-order valence-electron chi connectivity index (χ2n) is 8.16. The number of hydrogen-bond acceptors (Lipinski definition) is 10. The summed E-state index contributed by atoms with van der Waals surface area (Å²) in [6, 6.07) is 9.75. The van der Waals surface area contributed by atoms with Crippen LogP contribution >= 0.6 is 0 Å². The monoisotopic (exact) mass is 472 g/mol. The van der Waals surface area contributed by atoms with Crippen molar-refractivity contribution in [2.45, 2.75) is 37.1 Å². The zero-order valence-electron chi connectivity index (χ0n) is 18.0. The highest BCUT2D eigenvalue weighted by atomic mass is 16.7. The molecule has 0 spiro atoms. The van der Waals surface area contributed by atoms with Crippen molar-refractivity contribution >= 4 is 11.0 Å². The van der Waals surface area contributed by atoms with Crippen molar-refractivity contribution in [3.8, 4) is 28.4 Å². The summed E-state index contributed by atoms with van der Waals surface area (Å²) in [5.74, 6) is 1.39. The molecular formula is C24H24O10. The summed E-state index contributed by atoms with van der Waals surface area (Å²) < 4.78 is 28.0. The lowest BCUT2D eigenvalue weighted by atomic mass is 9.99. The minimum Gasteiger partial charge on any atom is -0.490 e. The van der Waals surface area contributed by atoms with Crippen molar-refractivity contribution in [2.75, 3.05) is 19.8 Å². The fraction of sp³-hybridized carbons (Fsp3) is 0.375. The first-order valence-electron chi connectivity index (χ1n) is 10.9. The molecule has 4 N–H and O–H groups in total. The summed E-state index contributed by atoms with van der Waals surface area (Å²) in [4.78, 5) is 13.2. The second-order valence-corrected chi connectivity index (χ2v) is 8.16.